The molecular weight excluding hydrogens is 306 g/mol. The zero-order valence-corrected chi connectivity index (χ0v) is 12.9. The molecule has 0 radical (unpaired) electrons. The van der Waals surface area contributed by atoms with Crippen molar-refractivity contribution in [3.05, 3.63) is 16.3 Å². The lowest BCUT2D eigenvalue weighted by atomic mass is 10.1. The fourth-order valence-corrected chi connectivity index (χ4v) is 2.61. The molecule has 1 aromatic heterocycles. The Bertz CT molecular complexity index is 596. The highest BCUT2D eigenvalue weighted by Gasteiger charge is 2.29. The number of fused-ring (bicyclic) bond motifs is 1. The highest BCUT2D eigenvalue weighted by molar-refractivity contribution is 5.67. The van der Waals surface area contributed by atoms with Gasteiger partial charge in [-0.3, -0.25) is 4.57 Å². The number of hydrogen-bond donors (Lipinski definition) is 0. The van der Waals surface area contributed by atoms with Crippen molar-refractivity contribution in [2.24, 2.45) is 5.92 Å². The SMILES string of the molecule is CN1CCN(C(=O)OC[C@@H]2COc3nc([N+](=O)[O-])cn3C2)CC1. The van der Waals surface area contributed by atoms with Crippen LogP contribution in [0.15, 0.2) is 6.20 Å². The summed E-state index contributed by atoms with van der Waals surface area (Å²) >= 11 is 0. The Morgan fingerprint density at radius 2 is 2.22 bits per heavy atom. The van der Waals surface area contributed by atoms with E-state index in [0.29, 0.717) is 26.2 Å². The van der Waals surface area contributed by atoms with E-state index < -0.39 is 4.92 Å². The lowest BCUT2D eigenvalue weighted by Crippen LogP contribution is -2.47. The monoisotopic (exact) mass is 325 g/mol. The molecule has 3 heterocycles. The van der Waals surface area contributed by atoms with E-state index in [2.05, 4.69) is 9.88 Å². The van der Waals surface area contributed by atoms with Crippen LogP contribution in [-0.2, 0) is 11.3 Å². The fourth-order valence-electron chi connectivity index (χ4n) is 2.61. The summed E-state index contributed by atoms with van der Waals surface area (Å²) < 4.78 is 12.3. The van der Waals surface area contributed by atoms with Gasteiger partial charge >= 0.3 is 17.9 Å². The Morgan fingerprint density at radius 1 is 1.48 bits per heavy atom. The molecule has 23 heavy (non-hydrogen) atoms. The molecule has 10 heteroatoms. The number of likely N-dealkylation sites (N-methyl/N-ethyl adjacent to an activating group) is 1. The van der Waals surface area contributed by atoms with Gasteiger partial charge in [0.2, 0.25) is 0 Å². The van der Waals surface area contributed by atoms with Crippen molar-refractivity contribution in [1.29, 1.82) is 0 Å². The zero-order chi connectivity index (χ0) is 16.4. The number of rotatable bonds is 3. The molecule has 0 N–H and O–H groups in total. The van der Waals surface area contributed by atoms with Gasteiger partial charge in [-0.1, -0.05) is 0 Å². The zero-order valence-electron chi connectivity index (χ0n) is 12.9. The average molecular weight is 325 g/mol. The first-order valence-corrected chi connectivity index (χ1v) is 7.47. The van der Waals surface area contributed by atoms with E-state index in [-0.39, 0.29) is 30.4 Å². The maximum absolute atomic E-state index is 12.0. The molecule has 1 amide bonds. The Labute approximate surface area is 132 Å². The second kappa shape index (κ2) is 6.41. The number of carbonyl (C=O) groups is 1. The van der Waals surface area contributed by atoms with Crippen LogP contribution in [-0.4, -0.2) is 76.8 Å². The largest absolute Gasteiger partial charge is 0.449 e. The van der Waals surface area contributed by atoms with Crippen molar-refractivity contribution in [1.82, 2.24) is 19.4 Å². The van der Waals surface area contributed by atoms with Crippen LogP contribution in [0.5, 0.6) is 6.01 Å². The van der Waals surface area contributed by atoms with E-state index >= 15 is 0 Å². The van der Waals surface area contributed by atoms with Gasteiger partial charge in [0.1, 0.15) is 19.4 Å². The second-order valence-electron chi connectivity index (χ2n) is 5.84. The number of carbonyl (C=O) groups excluding carboxylic acids is 1. The molecule has 0 aromatic carbocycles. The van der Waals surface area contributed by atoms with Gasteiger partial charge in [0, 0.05) is 43.6 Å². The predicted octanol–water partition coefficient (Wildman–Crippen LogP) is 0.184. The third-order valence-corrected chi connectivity index (χ3v) is 4.02. The Hall–Kier alpha value is -2.36. The molecule has 3 rings (SSSR count). The Morgan fingerprint density at radius 3 is 2.91 bits per heavy atom. The molecule has 1 aromatic rings. The van der Waals surface area contributed by atoms with Crippen LogP contribution >= 0.6 is 0 Å². The summed E-state index contributed by atoms with van der Waals surface area (Å²) in [6.45, 7) is 4.02. The molecule has 1 atom stereocenters. The minimum Gasteiger partial charge on any atom is -0.449 e. The molecule has 0 aliphatic carbocycles. The number of amides is 1. The minimum atomic E-state index is -0.558. The first-order chi connectivity index (χ1) is 11.0. The van der Waals surface area contributed by atoms with Gasteiger partial charge in [-0.2, -0.15) is 0 Å². The van der Waals surface area contributed by atoms with Crippen LogP contribution in [0.1, 0.15) is 0 Å². The lowest BCUT2D eigenvalue weighted by molar-refractivity contribution is -0.389. The Balaban J connectivity index is 1.49. The molecular formula is C13H19N5O5. The maximum Gasteiger partial charge on any atom is 0.414 e. The van der Waals surface area contributed by atoms with Gasteiger partial charge < -0.3 is 29.4 Å². The molecule has 0 spiro atoms. The van der Waals surface area contributed by atoms with Crippen LogP contribution in [0.3, 0.4) is 0 Å². The summed E-state index contributed by atoms with van der Waals surface area (Å²) in [5.74, 6) is -0.289. The number of imidazole rings is 1. The average Bonchev–Trinajstić information content (AvgIpc) is 2.97. The van der Waals surface area contributed by atoms with Gasteiger partial charge in [-0.05, 0) is 12.0 Å². The summed E-state index contributed by atoms with van der Waals surface area (Å²) in [6, 6.07) is 0.235. The third-order valence-electron chi connectivity index (χ3n) is 4.02. The normalized spacial score (nSPS) is 21.4. The fraction of sp³-hybridized carbons (Fsp3) is 0.692. The van der Waals surface area contributed by atoms with Gasteiger partial charge in [0.25, 0.3) is 0 Å². The van der Waals surface area contributed by atoms with E-state index in [1.165, 1.54) is 6.20 Å². The van der Waals surface area contributed by atoms with Gasteiger partial charge in [-0.25, -0.2) is 4.79 Å². The van der Waals surface area contributed by atoms with Crippen LogP contribution in [0.2, 0.25) is 0 Å². The van der Waals surface area contributed by atoms with E-state index in [4.69, 9.17) is 9.47 Å². The van der Waals surface area contributed by atoms with Gasteiger partial charge in [-0.15, -0.1) is 0 Å². The van der Waals surface area contributed by atoms with Crippen molar-refractivity contribution in [3.8, 4) is 6.01 Å². The standard InChI is InChI=1S/C13H19N5O5/c1-15-2-4-16(5-3-15)13(19)23-9-10-6-17-7-11(18(20)21)14-12(17)22-8-10/h7,10H,2-6,8-9H2,1H3/t10-/m0/s1. The summed E-state index contributed by atoms with van der Waals surface area (Å²) in [4.78, 5) is 29.8. The minimum absolute atomic E-state index is 0.0484. The van der Waals surface area contributed by atoms with Crippen LogP contribution in [0.25, 0.3) is 0 Å². The summed E-state index contributed by atoms with van der Waals surface area (Å²) in [7, 11) is 2.02. The molecule has 10 nitrogen and oxygen atoms in total. The number of nitro groups is 1. The van der Waals surface area contributed by atoms with Crippen molar-refractivity contribution in [2.75, 3.05) is 46.4 Å². The van der Waals surface area contributed by atoms with Crippen molar-refractivity contribution >= 4 is 11.9 Å². The third kappa shape index (κ3) is 3.52. The molecule has 0 unspecified atom stereocenters. The number of piperazine rings is 1. The van der Waals surface area contributed by atoms with Crippen molar-refractivity contribution in [3.63, 3.8) is 0 Å². The topological polar surface area (TPSA) is 103 Å². The molecule has 1 fully saturated rings. The van der Waals surface area contributed by atoms with Crippen molar-refractivity contribution < 1.29 is 19.2 Å². The van der Waals surface area contributed by atoms with Gasteiger partial charge in [0.15, 0.2) is 0 Å². The molecule has 2 aliphatic rings. The lowest BCUT2D eigenvalue weighted by Gasteiger charge is -2.32. The number of aromatic nitrogens is 2. The van der Waals surface area contributed by atoms with E-state index in [9.17, 15) is 14.9 Å². The van der Waals surface area contributed by atoms with E-state index in [1.54, 1.807) is 9.47 Å². The second-order valence-corrected chi connectivity index (χ2v) is 5.84. The maximum atomic E-state index is 12.0. The molecule has 0 saturated carbocycles. The molecule has 1 saturated heterocycles. The molecule has 126 valence electrons. The quantitative estimate of drug-likeness (QED) is 0.577. The van der Waals surface area contributed by atoms with Crippen LogP contribution in [0.4, 0.5) is 10.6 Å². The van der Waals surface area contributed by atoms with Crippen LogP contribution < -0.4 is 4.74 Å². The molecule has 2 aliphatic heterocycles. The first kappa shape index (κ1) is 15.5. The predicted molar refractivity (Wildman–Crippen MR) is 78.3 cm³/mol. The summed E-state index contributed by atoms with van der Waals surface area (Å²) in [5, 5.41) is 10.7. The highest BCUT2D eigenvalue weighted by Crippen LogP contribution is 2.23. The summed E-state index contributed by atoms with van der Waals surface area (Å²) in [6.07, 6.45) is 1.02. The number of hydrogen-bond acceptors (Lipinski definition) is 7. The molecule has 0 bridgehead atoms. The Kier molecular flexibility index (Phi) is 4.33. The number of ether oxygens (including phenoxy) is 2. The van der Waals surface area contributed by atoms with Gasteiger partial charge in [0.05, 0.1) is 0 Å². The van der Waals surface area contributed by atoms with E-state index in [0.717, 1.165) is 13.1 Å². The van der Waals surface area contributed by atoms with Crippen molar-refractivity contribution in [2.45, 2.75) is 6.54 Å². The van der Waals surface area contributed by atoms with Crippen LogP contribution in [0, 0.1) is 16.0 Å². The smallest absolute Gasteiger partial charge is 0.414 e. The first-order valence-electron chi connectivity index (χ1n) is 7.47. The highest BCUT2D eigenvalue weighted by atomic mass is 16.6. The van der Waals surface area contributed by atoms with E-state index in [1.807, 2.05) is 7.05 Å². The summed E-state index contributed by atoms with van der Waals surface area (Å²) in [5.41, 5.74) is 0. The number of nitrogens with zero attached hydrogens (tertiary/aromatic N) is 5.